The third kappa shape index (κ3) is 3.20. The zero-order valence-corrected chi connectivity index (χ0v) is 13.7. The molecule has 2 aliphatic rings. The van der Waals surface area contributed by atoms with Gasteiger partial charge in [-0.05, 0) is 24.2 Å². The first kappa shape index (κ1) is 15.3. The Hall–Kier alpha value is -2.19. The number of aryl methyl sites for hydroxylation is 2. The topological polar surface area (TPSA) is 82.7 Å². The van der Waals surface area contributed by atoms with E-state index in [1.807, 2.05) is 24.0 Å². The fraction of sp³-hybridized carbons (Fsp3) is 0.562. The quantitative estimate of drug-likeness (QED) is 0.827. The van der Waals surface area contributed by atoms with Crippen molar-refractivity contribution < 1.29 is 18.7 Å². The molecular weight excluding hydrogens is 312 g/mol. The number of pyridine rings is 1. The normalized spacial score (nSPS) is 24.7. The van der Waals surface area contributed by atoms with Gasteiger partial charge >= 0.3 is 0 Å². The molecule has 0 N–H and O–H groups in total. The lowest BCUT2D eigenvalue weighted by Crippen LogP contribution is -2.30. The van der Waals surface area contributed by atoms with E-state index in [0.29, 0.717) is 38.1 Å². The Kier molecular flexibility index (Phi) is 4.07. The molecule has 4 rings (SSSR count). The van der Waals surface area contributed by atoms with Crippen LogP contribution in [0.4, 0.5) is 5.95 Å². The molecule has 2 aromatic rings. The van der Waals surface area contributed by atoms with Gasteiger partial charge in [0.1, 0.15) is 24.1 Å². The SMILES string of the molecule is Cc1ccc(OC2CO[C@H]3CN(c4noc(C)n4)C[C@@H]3OC2)cn1. The van der Waals surface area contributed by atoms with Gasteiger partial charge in [0.2, 0.25) is 5.89 Å². The number of nitrogens with zero attached hydrogens (tertiary/aromatic N) is 4. The molecule has 0 saturated carbocycles. The smallest absolute Gasteiger partial charge is 0.266 e. The summed E-state index contributed by atoms with van der Waals surface area (Å²) in [7, 11) is 0. The molecule has 0 aliphatic carbocycles. The van der Waals surface area contributed by atoms with Crippen LogP contribution in [0, 0.1) is 13.8 Å². The number of fused-ring (bicyclic) bond motifs is 1. The standard InChI is InChI=1S/C16H20N4O4/c1-10-3-4-12(5-17-10)23-13-8-21-14-6-20(7-15(14)22-9-13)16-18-11(2)24-19-16/h3-5,13-15H,6-9H2,1-2H3/t14-,15-/m0/s1. The van der Waals surface area contributed by atoms with Gasteiger partial charge in [0.25, 0.3) is 5.95 Å². The highest BCUT2D eigenvalue weighted by atomic mass is 16.6. The number of aromatic nitrogens is 3. The molecule has 0 amide bonds. The average molecular weight is 332 g/mol. The molecule has 8 nitrogen and oxygen atoms in total. The molecule has 4 heterocycles. The summed E-state index contributed by atoms with van der Waals surface area (Å²) in [5, 5.41) is 3.95. The highest BCUT2D eigenvalue weighted by Crippen LogP contribution is 2.24. The summed E-state index contributed by atoms with van der Waals surface area (Å²) in [6.45, 7) is 6.05. The van der Waals surface area contributed by atoms with Crippen molar-refractivity contribution in [2.45, 2.75) is 32.2 Å². The Balaban J connectivity index is 1.35. The summed E-state index contributed by atoms with van der Waals surface area (Å²) < 4.78 is 22.9. The van der Waals surface area contributed by atoms with Crippen LogP contribution < -0.4 is 9.64 Å². The molecule has 0 bridgehead atoms. The molecule has 0 radical (unpaired) electrons. The van der Waals surface area contributed by atoms with E-state index >= 15 is 0 Å². The molecule has 0 aromatic carbocycles. The molecule has 128 valence electrons. The van der Waals surface area contributed by atoms with Gasteiger partial charge in [0.15, 0.2) is 0 Å². The van der Waals surface area contributed by atoms with Crippen LogP contribution in [0.1, 0.15) is 11.6 Å². The minimum atomic E-state index is -0.138. The van der Waals surface area contributed by atoms with Crippen molar-refractivity contribution >= 4 is 5.95 Å². The van der Waals surface area contributed by atoms with Gasteiger partial charge in [-0.3, -0.25) is 4.98 Å². The summed E-state index contributed by atoms with van der Waals surface area (Å²) in [6, 6.07) is 3.83. The van der Waals surface area contributed by atoms with E-state index in [-0.39, 0.29) is 18.3 Å². The summed E-state index contributed by atoms with van der Waals surface area (Å²) in [5.74, 6) is 1.87. The number of rotatable bonds is 3. The van der Waals surface area contributed by atoms with Crippen LogP contribution in [0.5, 0.6) is 5.75 Å². The van der Waals surface area contributed by atoms with Crippen LogP contribution in [0.25, 0.3) is 0 Å². The van der Waals surface area contributed by atoms with Crippen LogP contribution in [-0.4, -0.2) is 59.7 Å². The van der Waals surface area contributed by atoms with E-state index in [4.69, 9.17) is 18.7 Å². The van der Waals surface area contributed by atoms with Gasteiger partial charge < -0.3 is 23.6 Å². The molecule has 2 fully saturated rings. The minimum Gasteiger partial charge on any atom is -0.484 e. The van der Waals surface area contributed by atoms with E-state index in [1.165, 1.54) is 0 Å². The highest BCUT2D eigenvalue weighted by molar-refractivity contribution is 5.31. The minimum absolute atomic E-state index is 0.0199. The van der Waals surface area contributed by atoms with E-state index < -0.39 is 0 Å². The van der Waals surface area contributed by atoms with Crippen molar-refractivity contribution in [2.24, 2.45) is 0 Å². The predicted octanol–water partition coefficient (Wildman–Crippen LogP) is 1.13. The van der Waals surface area contributed by atoms with Crippen molar-refractivity contribution in [3.05, 3.63) is 29.9 Å². The molecule has 8 heteroatoms. The van der Waals surface area contributed by atoms with E-state index in [0.717, 1.165) is 11.4 Å². The van der Waals surface area contributed by atoms with E-state index in [1.54, 1.807) is 13.1 Å². The Morgan fingerprint density at radius 2 is 1.88 bits per heavy atom. The second kappa shape index (κ2) is 6.37. The fourth-order valence-corrected chi connectivity index (χ4v) is 2.94. The van der Waals surface area contributed by atoms with Crippen molar-refractivity contribution in [1.82, 2.24) is 15.1 Å². The number of hydrogen-bond donors (Lipinski definition) is 0. The lowest BCUT2D eigenvalue weighted by Gasteiger charge is -2.18. The highest BCUT2D eigenvalue weighted by Gasteiger charge is 2.39. The summed E-state index contributed by atoms with van der Waals surface area (Å²) in [5.41, 5.74) is 0.960. The average Bonchev–Trinajstić information content (AvgIpc) is 3.14. The first-order chi connectivity index (χ1) is 11.7. The maximum atomic E-state index is 6.00. The summed E-state index contributed by atoms with van der Waals surface area (Å²) >= 11 is 0. The van der Waals surface area contributed by atoms with Crippen LogP contribution >= 0.6 is 0 Å². The molecule has 0 spiro atoms. The van der Waals surface area contributed by atoms with Crippen molar-refractivity contribution in [1.29, 1.82) is 0 Å². The number of hydrogen-bond acceptors (Lipinski definition) is 8. The van der Waals surface area contributed by atoms with Crippen LogP contribution in [0.15, 0.2) is 22.9 Å². The second-order valence-corrected chi connectivity index (χ2v) is 6.14. The predicted molar refractivity (Wildman–Crippen MR) is 84.1 cm³/mol. The third-order valence-corrected chi connectivity index (χ3v) is 4.19. The lowest BCUT2D eigenvalue weighted by molar-refractivity contribution is -0.00461. The monoisotopic (exact) mass is 332 g/mol. The Bertz CT molecular complexity index is 674. The first-order valence-electron chi connectivity index (χ1n) is 8.05. The molecule has 2 saturated heterocycles. The maximum absolute atomic E-state index is 6.00. The summed E-state index contributed by atoms with van der Waals surface area (Å²) in [4.78, 5) is 10.5. The van der Waals surface area contributed by atoms with Gasteiger partial charge in [-0.1, -0.05) is 0 Å². The van der Waals surface area contributed by atoms with Crippen molar-refractivity contribution in [3.63, 3.8) is 0 Å². The van der Waals surface area contributed by atoms with E-state index in [9.17, 15) is 0 Å². The summed E-state index contributed by atoms with van der Waals surface area (Å²) in [6.07, 6.45) is 1.55. The number of ether oxygens (including phenoxy) is 3. The van der Waals surface area contributed by atoms with Gasteiger partial charge in [-0.25, -0.2) is 0 Å². The van der Waals surface area contributed by atoms with Crippen LogP contribution in [0.3, 0.4) is 0 Å². The molecule has 2 aliphatic heterocycles. The largest absolute Gasteiger partial charge is 0.484 e. The van der Waals surface area contributed by atoms with Gasteiger partial charge in [-0.15, -0.1) is 0 Å². The van der Waals surface area contributed by atoms with Crippen molar-refractivity contribution in [2.75, 3.05) is 31.2 Å². The zero-order chi connectivity index (χ0) is 16.5. The molecular formula is C16H20N4O4. The third-order valence-electron chi connectivity index (χ3n) is 4.19. The van der Waals surface area contributed by atoms with Crippen molar-refractivity contribution in [3.8, 4) is 5.75 Å². The second-order valence-electron chi connectivity index (χ2n) is 6.14. The Labute approximate surface area is 139 Å². The fourth-order valence-electron chi connectivity index (χ4n) is 2.94. The first-order valence-corrected chi connectivity index (χ1v) is 8.05. The number of anilines is 1. The van der Waals surface area contributed by atoms with Crippen LogP contribution in [0.2, 0.25) is 0 Å². The lowest BCUT2D eigenvalue weighted by atomic mass is 10.3. The zero-order valence-electron chi connectivity index (χ0n) is 13.7. The Morgan fingerprint density at radius 1 is 1.12 bits per heavy atom. The molecule has 0 unspecified atom stereocenters. The molecule has 24 heavy (non-hydrogen) atoms. The van der Waals surface area contributed by atoms with Gasteiger partial charge in [0, 0.05) is 25.7 Å². The van der Waals surface area contributed by atoms with Gasteiger partial charge in [0.05, 0.1) is 19.4 Å². The van der Waals surface area contributed by atoms with Crippen LogP contribution in [-0.2, 0) is 9.47 Å². The molecule has 2 atom stereocenters. The van der Waals surface area contributed by atoms with E-state index in [2.05, 4.69) is 15.1 Å². The van der Waals surface area contributed by atoms with Gasteiger partial charge in [-0.2, -0.15) is 4.98 Å². The maximum Gasteiger partial charge on any atom is 0.266 e. The Morgan fingerprint density at radius 3 is 2.46 bits per heavy atom. The molecule has 2 aromatic heterocycles.